The molecule has 0 aliphatic carbocycles. The van der Waals surface area contributed by atoms with Crippen molar-refractivity contribution in [1.82, 2.24) is 10.2 Å². The van der Waals surface area contributed by atoms with Crippen LogP contribution in [-0.4, -0.2) is 54.0 Å². The first kappa shape index (κ1) is 15.8. The maximum atomic E-state index is 12.2. The van der Waals surface area contributed by atoms with Gasteiger partial charge in [-0.05, 0) is 24.6 Å². The number of rotatable bonds is 5. The molecular formula is C15H18N2O5. The minimum atomic E-state index is -1.08. The number of piperidine rings is 1. The van der Waals surface area contributed by atoms with E-state index < -0.39 is 12.6 Å². The Balaban J connectivity index is 1.96. The molecule has 2 N–H and O–H groups in total. The highest BCUT2D eigenvalue weighted by Crippen LogP contribution is 2.15. The standard InChI is InChI=1S/C15H18N2O5/c1-17-8-11(5-6-13(17)18)16-15(21)10-3-2-4-12(7-10)22-9-14(19)20/h2-4,7,11H,5-6,8-9H2,1H3,(H,16,21)(H,19,20). The van der Waals surface area contributed by atoms with E-state index in [9.17, 15) is 14.4 Å². The van der Waals surface area contributed by atoms with Crippen molar-refractivity contribution in [2.75, 3.05) is 20.2 Å². The highest BCUT2D eigenvalue weighted by Gasteiger charge is 2.24. The van der Waals surface area contributed by atoms with Gasteiger partial charge in [-0.1, -0.05) is 6.07 Å². The summed E-state index contributed by atoms with van der Waals surface area (Å²) >= 11 is 0. The fourth-order valence-corrected chi connectivity index (χ4v) is 2.27. The molecule has 0 saturated carbocycles. The molecule has 1 aliphatic heterocycles. The average molecular weight is 306 g/mol. The molecule has 0 spiro atoms. The first-order chi connectivity index (χ1) is 10.5. The predicted octanol–water partition coefficient (Wildman–Crippen LogP) is 0.501. The number of likely N-dealkylation sites (tertiary alicyclic amines) is 1. The molecule has 1 aromatic carbocycles. The Morgan fingerprint density at radius 1 is 1.45 bits per heavy atom. The molecule has 7 heteroatoms. The van der Waals surface area contributed by atoms with Crippen LogP contribution in [0, 0.1) is 0 Å². The Bertz CT molecular complexity index is 587. The minimum absolute atomic E-state index is 0.0783. The summed E-state index contributed by atoms with van der Waals surface area (Å²) in [5, 5.41) is 11.5. The first-order valence-corrected chi connectivity index (χ1v) is 6.95. The zero-order chi connectivity index (χ0) is 16.1. The van der Waals surface area contributed by atoms with Gasteiger partial charge in [-0.25, -0.2) is 4.79 Å². The minimum Gasteiger partial charge on any atom is -0.482 e. The number of amides is 2. The summed E-state index contributed by atoms with van der Waals surface area (Å²) in [5.74, 6) is -0.946. The van der Waals surface area contributed by atoms with E-state index in [2.05, 4.69) is 5.32 Å². The lowest BCUT2D eigenvalue weighted by atomic mass is 10.0. The second-order valence-electron chi connectivity index (χ2n) is 5.19. The van der Waals surface area contributed by atoms with Crippen LogP contribution in [-0.2, 0) is 9.59 Å². The summed E-state index contributed by atoms with van der Waals surface area (Å²) in [6.07, 6.45) is 1.04. The summed E-state index contributed by atoms with van der Waals surface area (Å²) in [6, 6.07) is 6.25. The van der Waals surface area contributed by atoms with Gasteiger partial charge < -0.3 is 20.1 Å². The van der Waals surface area contributed by atoms with E-state index in [1.165, 1.54) is 6.07 Å². The van der Waals surface area contributed by atoms with Crippen molar-refractivity contribution >= 4 is 17.8 Å². The summed E-state index contributed by atoms with van der Waals surface area (Å²) in [6.45, 7) is 0.0282. The van der Waals surface area contributed by atoms with Crippen molar-refractivity contribution in [2.24, 2.45) is 0 Å². The Labute approximate surface area is 127 Å². The molecule has 1 atom stereocenters. The third-order valence-electron chi connectivity index (χ3n) is 3.42. The summed E-state index contributed by atoms with van der Waals surface area (Å²) in [4.78, 5) is 35.7. The van der Waals surface area contributed by atoms with Crippen molar-refractivity contribution in [3.63, 3.8) is 0 Å². The number of carboxylic acid groups (broad SMARTS) is 1. The quantitative estimate of drug-likeness (QED) is 0.826. The van der Waals surface area contributed by atoms with Crippen molar-refractivity contribution in [1.29, 1.82) is 0 Å². The van der Waals surface area contributed by atoms with Crippen LogP contribution in [0.5, 0.6) is 5.75 Å². The molecule has 1 aliphatic rings. The molecule has 1 saturated heterocycles. The van der Waals surface area contributed by atoms with Crippen molar-refractivity contribution < 1.29 is 24.2 Å². The number of benzene rings is 1. The number of nitrogens with zero attached hydrogens (tertiary/aromatic N) is 1. The monoisotopic (exact) mass is 306 g/mol. The number of nitrogens with one attached hydrogen (secondary N) is 1. The number of likely N-dealkylation sites (N-methyl/N-ethyl adjacent to an activating group) is 1. The van der Waals surface area contributed by atoms with Gasteiger partial charge in [-0.15, -0.1) is 0 Å². The summed E-state index contributed by atoms with van der Waals surface area (Å²) in [5.41, 5.74) is 0.391. The SMILES string of the molecule is CN1CC(NC(=O)c2cccc(OCC(=O)O)c2)CCC1=O. The highest BCUT2D eigenvalue weighted by molar-refractivity contribution is 5.95. The number of hydrogen-bond donors (Lipinski definition) is 2. The lowest BCUT2D eigenvalue weighted by Crippen LogP contribution is -2.48. The highest BCUT2D eigenvalue weighted by atomic mass is 16.5. The molecular weight excluding hydrogens is 288 g/mol. The largest absolute Gasteiger partial charge is 0.482 e. The number of aliphatic carboxylic acids is 1. The van der Waals surface area contributed by atoms with E-state index in [1.807, 2.05) is 0 Å². The Morgan fingerprint density at radius 2 is 2.23 bits per heavy atom. The fourth-order valence-electron chi connectivity index (χ4n) is 2.27. The topological polar surface area (TPSA) is 95.9 Å². The van der Waals surface area contributed by atoms with Crippen LogP contribution in [0.2, 0.25) is 0 Å². The van der Waals surface area contributed by atoms with E-state index in [4.69, 9.17) is 9.84 Å². The maximum absolute atomic E-state index is 12.2. The number of ether oxygens (including phenoxy) is 1. The van der Waals surface area contributed by atoms with Gasteiger partial charge in [0.2, 0.25) is 5.91 Å². The Kier molecular flexibility index (Phi) is 4.98. The first-order valence-electron chi connectivity index (χ1n) is 6.95. The maximum Gasteiger partial charge on any atom is 0.341 e. The van der Waals surface area contributed by atoms with Gasteiger partial charge in [0, 0.05) is 31.6 Å². The van der Waals surface area contributed by atoms with Crippen LogP contribution >= 0.6 is 0 Å². The van der Waals surface area contributed by atoms with Gasteiger partial charge in [0.15, 0.2) is 6.61 Å². The van der Waals surface area contributed by atoms with Gasteiger partial charge in [-0.2, -0.15) is 0 Å². The van der Waals surface area contributed by atoms with Crippen LogP contribution in [0.4, 0.5) is 0 Å². The van der Waals surface area contributed by atoms with Gasteiger partial charge >= 0.3 is 5.97 Å². The molecule has 22 heavy (non-hydrogen) atoms. The lowest BCUT2D eigenvalue weighted by molar-refractivity contribution is -0.139. The van der Waals surface area contributed by atoms with Gasteiger partial charge in [0.1, 0.15) is 5.75 Å². The van der Waals surface area contributed by atoms with E-state index in [0.29, 0.717) is 30.7 Å². The predicted molar refractivity (Wildman–Crippen MR) is 77.7 cm³/mol. The molecule has 0 aromatic heterocycles. The zero-order valence-corrected chi connectivity index (χ0v) is 12.2. The van der Waals surface area contributed by atoms with Gasteiger partial charge in [0.05, 0.1) is 0 Å². The number of hydrogen-bond acceptors (Lipinski definition) is 4. The molecule has 2 amide bonds. The van der Waals surface area contributed by atoms with E-state index in [-0.39, 0.29) is 17.9 Å². The van der Waals surface area contributed by atoms with E-state index in [0.717, 1.165) is 0 Å². The van der Waals surface area contributed by atoms with Crippen molar-refractivity contribution in [3.05, 3.63) is 29.8 Å². The molecule has 0 bridgehead atoms. The van der Waals surface area contributed by atoms with Crippen LogP contribution in [0.25, 0.3) is 0 Å². The summed E-state index contributed by atoms with van der Waals surface area (Å²) in [7, 11) is 1.71. The number of carbonyl (C=O) groups is 3. The van der Waals surface area contributed by atoms with Crippen LogP contribution < -0.4 is 10.1 Å². The molecule has 1 heterocycles. The van der Waals surface area contributed by atoms with Crippen LogP contribution in [0.3, 0.4) is 0 Å². The number of carbonyl (C=O) groups excluding carboxylic acids is 2. The molecule has 118 valence electrons. The smallest absolute Gasteiger partial charge is 0.341 e. The molecule has 1 fully saturated rings. The lowest BCUT2D eigenvalue weighted by Gasteiger charge is -2.30. The summed E-state index contributed by atoms with van der Waals surface area (Å²) < 4.78 is 5.05. The molecule has 0 radical (unpaired) electrons. The zero-order valence-electron chi connectivity index (χ0n) is 12.2. The molecule has 7 nitrogen and oxygen atoms in total. The van der Waals surface area contributed by atoms with Crippen molar-refractivity contribution in [3.8, 4) is 5.75 Å². The van der Waals surface area contributed by atoms with Crippen molar-refractivity contribution in [2.45, 2.75) is 18.9 Å². The van der Waals surface area contributed by atoms with E-state index in [1.54, 1.807) is 30.1 Å². The van der Waals surface area contributed by atoms with Gasteiger partial charge in [-0.3, -0.25) is 9.59 Å². The third kappa shape index (κ3) is 4.21. The second kappa shape index (κ2) is 6.93. The molecule has 1 unspecified atom stereocenters. The number of carboxylic acids is 1. The Hall–Kier alpha value is -2.57. The normalized spacial score (nSPS) is 18.0. The van der Waals surface area contributed by atoms with E-state index >= 15 is 0 Å². The van der Waals surface area contributed by atoms with Gasteiger partial charge in [0.25, 0.3) is 5.91 Å². The van der Waals surface area contributed by atoms with Crippen LogP contribution in [0.1, 0.15) is 23.2 Å². The second-order valence-corrected chi connectivity index (χ2v) is 5.19. The third-order valence-corrected chi connectivity index (χ3v) is 3.42. The Morgan fingerprint density at radius 3 is 2.91 bits per heavy atom. The molecule has 2 rings (SSSR count). The molecule has 1 aromatic rings. The average Bonchev–Trinajstić information content (AvgIpc) is 2.49. The van der Waals surface area contributed by atoms with Crippen LogP contribution in [0.15, 0.2) is 24.3 Å². The fraction of sp³-hybridized carbons (Fsp3) is 0.400.